The second-order valence-corrected chi connectivity index (χ2v) is 8.08. The Bertz CT molecular complexity index is 667. The van der Waals surface area contributed by atoms with Crippen molar-refractivity contribution in [3.8, 4) is 0 Å². The molecule has 0 aromatic carbocycles. The van der Waals surface area contributed by atoms with Gasteiger partial charge in [0.2, 0.25) is 11.8 Å². The molecule has 22 heavy (non-hydrogen) atoms. The van der Waals surface area contributed by atoms with Gasteiger partial charge in [0.05, 0.1) is 29.9 Å². The van der Waals surface area contributed by atoms with E-state index in [4.69, 9.17) is 4.42 Å². The summed E-state index contributed by atoms with van der Waals surface area (Å²) in [6, 6.07) is 1.49. The summed E-state index contributed by atoms with van der Waals surface area (Å²) in [5.74, 6) is -0.591. The highest BCUT2D eigenvalue weighted by Crippen LogP contribution is 2.26. The minimum atomic E-state index is -3.04. The largest absolute Gasteiger partial charge is 0.472 e. The van der Waals surface area contributed by atoms with Gasteiger partial charge in [0.25, 0.3) is 0 Å². The van der Waals surface area contributed by atoms with Crippen LogP contribution in [0.25, 0.3) is 0 Å². The van der Waals surface area contributed by atoms with Gasteiger partial charge in [-0.1, -0.05) is 0 Å². The lowest BCUT2D eigenvalue weighted by Gasteiger charge is -2.22. The van der Waals surface area contributed by atoms with Crippen molar-refractivity contribution >= 4 is 21.7 Å². The summed E-state index contributed by atoms with van der Waals surface area (Å²) in [7, 11) is -3.04. The minimum Gasteiger partial charge on any atom is -0.472 e. The van der Waals surface area contributed by atoms with Crippen LogP contribution in [0.15, 0.2) is 23.0 Å². The molecule has 2 fully saturated rings. The van der Waals surface area contributed by atoms with Crippen LogP contribution >= 0.6 is 0 Å². The summed E-state index contributed by atoms with van der Waals surface area (Å²) in [4.78, 5) is 25.8. The van der Waals surface area contributed by atoms with Crippen LogP contribution in [0.1, 0.15) is 18.4 Å². The molecule has 7 nitrogen and oxygen atoms in total. The van der Waals surface area contributed by atoms with E-state index in [0.717, 1.165) is 5.56 Å². The molecular weight excluding hydrogens is 308 g/mol. The number of carbonyl (C=O) groups excluding carboxylic acids is 2. The van der Waals surface area contributed by atoms with Crippen LogP contribution in [0.2, 0.25) is 0 Å². The van der Waals surface area contributed by atoms with Gasteiger partial charge >= 0.3 is 0 Å². The summed E-state index contributed by atoms with van der Waals surface area (Å²) in [6.07, 6.45) is 3.70. The average molecular weight is 326 g/mol. The first-order valence-corrected chi connectivity index (χ1v) is 9.05. The first-order valence-electron chi connectivity index (χ1n) is 7.23. The summed E-state index contributed by atoms with van der Waals surface area (Å²) < 4.78 is 28.0. The molecule has 3 heterocycles. The highest BCUT2D eigenvalue weighted by Gasteiger charge is 2.41. The highest BCUT2D eigenvalue weighted by atomic mass is 32.2. The minimum absolute atomic E-state index is 0.0160. The molecule has 2 amide bonds. The van der Waals surface area contributed by atoms with Crippen molar-refractivity contribution in [1.29, 1.82) is 0 Å². The number of carbonyl (C=O) groups is 2. The zero-order valence-corrected chi connectivity index (χ0v) is 12.8. The van der Waals surface area contributed by atoms with Gasteiger partial charge in [-0.05, 0) is 12.5 Å². The second-order valence-electron chi connectivity index (χ2n) is 5.85. The Balaban J connectivity index is 1.56. The molecule has 2 unspecified atom stereocenters. The molecule has 8 heteroatoms. The first-order chi connectivity index (χ1) is 10.4. The number of nitrogens with one attached hydrogen (secondary N) is 1. The summed E-state index contributed by atoms with van der Waals surface area (Å²) >= 11 is 0. The van der Waals surface area contributed by atoms with Crippen molar-refractivity contribution in [2.75, 3.05) is 18.1 Å². The summed E-state index contributed by atoms with van der Waals surface area (Å²) in [5, 5.41) is 2.78. The number of rotatable bonds is 4. The van der Waals surface area contributed by atoms with Crippen molar-refractivity contribution in [3.63, 3.8) is 0 Å². The molecule has 1 N–H and O–H groups in total. The third-order valence-electron chi connectivity index (χ3n) is 4.23. The van der Waals surface area contributed by atoms with Crippen molar-refractivity contribution in [2.45, 2.75) is 25.4 Å². The fraction of sp³-hybridized carbons (Fsp3) is 0.571. The molecule has 120 valence electrons. The van der Waals surface area contributed by atoms with E-state index in [0.29, 0.717) is 19.5 Å². The van der Waals surface area contributed by atoms with E-state index in [1.165, 1.54) is 6.26 Å². The van der Waals surface area contributed by atoms with E-state index >= 15 is 0 Å². The SMILES string of the molecule is O=C(NCc1ccoc1)C1CC(=O)N(C2CCS(=O)(=O)C2)C1. The molecule has 2 atom stereocenters. The predicted octanol–water partition coefficient (Wildman–Crippen LogP) is -0.0686. The van der Waals surface area contributed by atoms with Crippen LogP contribution in [-0.2, 0) is 26.0 Å². The third kappa shape index (κ3) is 3.16. The number of furan rings is 1. The lowest BCUT2D eigenvalue weighted by atomic mass is 10.1. The lowest BCUT2D eigenvalue weighted by Crippen LogP contribution is -2.38. The van der Waals surface area contributed by atoms with E-state index in [9.17, 15) is 18.0 Å². The lowest BCUT2D eigenvalue weighted by molar-refractivity contribution is -0.130. The van der Waals surface area contributed by atoms with E-state index in [2.05, 4.69) is 5.32 Å². The highest BCUT2D eigenvalue weighted by molar-refractivity contribution is 7.91. The molecule has 0 saturated carbocycles. The molecule has 3 rings (SSSR count). The number of sulfone groups is 1. The van der Waals surface area contributed by atoms with Crippen LogP contribution < -0.4 is 5.32 Å². The maximum absolute atomic E-state index is 12.1. The zero-order chi connectivity index (χ0) is 15.7. The van der Waals surface area contributed by atoms with Crippen LogP contribution in [0.3, 0.4) is 0 Å². The Labute approximate surface area is 128 Å². The average Bonchev–Trinajstić information content (AvgIpc) is 3.16. The topological polar surface area (TPSA) is 96.7 Å². The molecule has 0 radical (unpaired) electrons. The molecule has 1 aromatic rings. The van der Waals surface area contributed by atoms with Gasteiger partial charge in [0, 0.05) is 31.1 Å². The quantitative estimate of drug-likeness (QED) is 0.835. The van der Waals surface area contributed by atoms with E-state index in [1.54, 1.807) is 17.2 Å². The van der Waals surface area contributed by atoms with Crippen molar-refractivity contribution in [1.82, 2.24) is 10.2 Å². The van der Waals surface area contributed by atoms with Gasteiger partial charge in [0.15, 0.2) is 9.84 Å². The van der Waals surface area contributed by atoms with E-state index in [-0.39, 0.29) is 35.8 Å². The fourth-order valence-corrected chi connectivity index (χ4v) is 4.74. The first kappa shape index (κ1) is 15.1. The predicted molar refractivity (Wildman–Crippen MR) is 77.4 cm³/mol. The molecular formula is C14H18N2O5S. The Kier molecular flexibility index (Phi) is 3.94. The van der Waals surface area contributed by atoms with Gasteiger partial charge in [-0.3, -0.25) is 9.59 Å². The zero-order valence-electron chi connectivity index (χ0n) is 12.0. The summed E-state index contributed by atoms with van der Waals surface area (Å²) in [6.45, 7) is 0.661. The summed E-state index contributed by atoms with van der Waals surface area (Å²) in [5.41, 5.74) is 0.858. The van der Waals surface area contributed by atoms with Crippen molar-refractivity contribution < 1.29 is 22.4 Å². The smallest absolute Gasteiger partial charge is 0.225 e. The molecule has 2 aliphatic heterocycles. The fourth-order valence-electron chi connectivity index (χ4n) is 3.01. The number of likely N-dealkylation sites (tertiary alicyclic amines) is 1. The van der Waals surface area contributed by atoms with E-state index < -0.39 is 15.8 Å². The Morgan fingerprint density at radius 1 is 1.45 bits per heavy atom. The van der Waals surface area contributed by atoms with Gasteiger partial charge in [-0.2, -0.15) is 0 Å². The van der Waals surface area contributed by atoms with Crippen LogP contribution in [0.4, 0.5) is 0 Å². The van der Waals surface area contributed by atoms with E-state index in [1.807, 2.05) is 0 Å². The molecule has 2 aliphatic rings. The van der Waals surface area contributed by atoms with Crippen LogP contribution in [0.5, 0.6) is 0 Å². The normalized spacial score (nSPS) is 27.3. The Morgan fingerprint density at radius 2 is 2.27 bits per heavy atom. The maximum atomic E-state index is 12.1. The number of nitrogens with zero attached hydrogens (tertiary/aromatic N) is 1. The van der Waals surface area contributed by atoms with Gasteiger partial charge in [0.1, 0.15) is 0 Å². The number of amides is 2. The van der Waals surface area contributed by atoms with Crippen molar-refractivity contribution in [2.24, 2.45) is 5.92 Å². The number of hydrogen-bond acceptors (Lipinski definition) is 5. The molecule has 2 saturated heterocycles. The molecule has 0 bridgehead atoms. The molecule has 1 aromatic heterocycles. The monoisotopic (exact) mass is 326 g/mol. The van der Waals surface area contributed by atoms with Gasteiger partial charge in [-0.25, -0.2) is 8.42 Å². The van der Waals surface area contributed by atoms with Gasteiger partial charge < -0.3 is 14.6 Å². The molecule has 0 aliphatic carbocycles. The van der Waals surface area contributed by atoms with Gasteiger partial charge in [-0.15, -0.1) is 0 Å². The number of hydrogen-bond donors (Lipinski definition) is 1. The second kappa shape index (κ2) is 5.75. The van der Waals surface area contributed by atoms with Crippen LogP contribution in [0, 0.1) is 5.92 Å². The van der Waals surface area contributed by atoms with Crippen LogP contribution in [-0.4, -0.2) is 49.2 Å². The Hall–Kier alpha value is -1.83. The van der Waals surface area contributed by atoms with Crippen molar-refractivity contribution in [3.05, 3.63) is 24.2 Å². The Morgan fingerprint density at radius 3 is 2.91 bits per heavy atom. The maximum Gasteiger partial charge on any atom is 0.225 e. The third-order valence-corrected chi connectivity index (χ3v) is 5.98. The molecule has 0 spiro atoms. The standard InChI is InChI=1S/C14H18N2O5S/c17-13-5-11(14(18)15-6-10-1-3-21-8-10)7-16(13)12-2-4-22(19,20)9-12/h1,3,8,11-12H,2,4-7,9H2,(H,15,18).